The molecule has 0 saturated carbocycles. The van der Waals surface area contributed by atoms with Crippen LogP contribution < -0.4 is 10.2 Å². The fourth-order valence-electron chi connectivity index (χ4n) is 1.72. The highest BCUT2D eigenvalue weighted by atomic mass is 16.6. The predicted molar refractivity (Wildman–Crippen MR) is 81.5 cm³/mol. The van der Waals surface area contributed by atoms with E-state index in [4.69, 9.17) is 4.74 Å². The number of aromatic hydroxyl groups is 1. The topological polar surface area (TPSA) is 110 Å². The lowest BCUT2D eigenvalue weighted by molar-refractivity contribution is -0.384. The molecule has 114 valence electrons. The van der Waals surface area contributed by atoms with Crippen LogP contribution in [0, 0.1) is 17.0 Å². The highest BCUT2D eigenvalue weighted by Gasteiger charge is 2.14. The maximum Gasteiger partial charge on any atom is 0.313 e. The van der Waals surface area contributed by atoms with E-state index in [0.29, 0.717) is 17.0 Å². The third-order valence-electron chi connectivity index (χ3n) is 2.80. The molecule has 22 heavy (non-hydrogen) atoms. The number of rotatable bonds is 5. The molecule has 0 saturated heterocycles. The Hall–Kier alpha value is -3.16. The van der Waals surface area contributed by atoms with E-state index in [1.807, 2.05) is 0 Å². The van der Waals surface area contributed by atoms with Gasteiger partial charge in [-0.1, -0.05) is 0 Å². The first-order valence-electron chi connectivity index (χ1n) is 6.29. The number of aryl methyl sites for hydroxylation is 1. The highest BCUT2D eigenvalue weighted by Crippen LogP contribution is 2.25. The predicted octanol–water partition coefficient (Wildman–Crippen LogP) is 2.46. The maximum absolute atomic E-state index is 10.9. The van der Waals surface area contributed by atoms with Gasteiger partial charge in [0.2, 0.25) is 5.82 Å². The minimum atomic E-state index is -0.534. The molecule has 0 fully saturated rings. The fourth-order valence-corrected chi connectivity index (χ4v) is 1.72. The molecule has 0 radical (unpaired) electrons. The molecule has 1 heterocycles. The first kappa shape index (κ1) is 15.2. The van der Waals surface area contributed by atoms with Crippen LogP contribution in [0.2, 0.25) is 0 Å². The molecule has 2 aromatic rings. The van der Waals surface area contributed by atoms with Crippen molar-refractivity contribution >= 4 is 17.7 Å². The number of phenolic OH excluding ortho intramolecular Hbond substituents is 1. The van der Waals surface area contributed by atoms with Crippen LogP contribution >= 0.6 is 0 Å². The van der Waals surface area contributed by atoms with Crippen LogP contribution in [0.4, 0.5) is 11.5 Å². The summed E-state index contributed by atoms with van der Waals surface area (Å²) in [6.07, 6.45) is 1.44. The molecule has 2 N–H and O–H groups in total. The van der Waals surface area contributed by atoms with E-state index >= 15 is 0 Å². The minimum absolute atomic E-state index is 0.0172. The number of nitrogens with one attached hydrogen (secondary N) is 1. The molecular weight excluding hydrogens is 288 g/mol. The number of benzene rings is 1. The van der Waals surface area contributed by atoms with Crippen molar-refractivity contribution in [3.8, 4) is 11.5 Å². The first-order chi connectivity index (χ1) is 10.5. The van der Waals surface area contributed by atoms with Crippen molar-refractivity contribution in [2.45, 2.75) is 6.92 Å². The summed E-state index contributed by atoms with van der Waals surface area (Å²) >= 11 is 0. The molecule has 0 amide bonds. The van der Waals surface area contributed by atoms with Crippen molar-refractivity contribution < 1.29 is 14.8 Å². The Labute approximate surface area is 126 Å². The van der Waals surface area contributed by atoms with Crippen molar-refractivity contribution in [2.75, 3.05) is 12.5 Å². The number of hydrogen-bond acceptors (Lipinski definition) is 7. The molecule has 0 atom stereocenters. The van der Waals surface area contributed by atoms with Crippen molar-refractivity contribution in [3.05, 3.63) is 51.7 Å². The summed E-state index contributed by atoms with van der Waals surface area (Å²) in [5.74, 6) is 0.388. The number of methoxy groups -OCH3 is 1. The van der Waals surface area contributed by atoms with Gasteiger partial charge in [0.05, 0.1) is 18.2 Å². The summed E-state index contributed by atoms with van der Waals surface area (Å²) in [7, 11) is 1.44. The summed E-state index contributed by atoms with van der Waals surface area (Å²) in [6, 6.07) is 7.59. The summed E-state index contributed by atoms with van der Waals surface area (Å²) in [4.78, 5) is 14.4. The van der Waals surface area contributed by atoms with E-state index in [2.05, 4.69) is 15.5 Å². The zero-order valence-corrected chi connectivity index (χ0v) is 12.0. The zero-order valence-electron chi connectivity index (χ0n) is 12.0. The molecule has 0 unspecified atom stereocenters. The normalized spacial score (nSPS) is 10.6. The monoisotopic (exact) mass is 302 g/mol. The SMILES string of the molecule is COc1cc(/C=N\Nc2nc(C)ccc2[N+](=O)[O-])ccc1O. The molecule has 0 bridgehead atoms. The van der Waals surface area contributed by atoms with Crippen LogP contribution in [0.5, 0.6) is 11.5 Å². The Balaban J connectivity index is 2.19. The van der Waals surface area contributed by atoms with E-state index < -0.39 is 4.92 Å². The van der Waals surface area contributed by atoms with Crippen LogP contribution in [-0.4, -0.2) is 28.3 Å². The molecule has 8 heteroatoms. The highest BCUT2D eigenvalue weighted by molar-refractivity contribution is 5.81. The molecule has 2 rings (SSSR count). The summed E-state index contributed by atoms with van der Waals surface area (Å²) in [6.45, 7) is 1.73. The third kappa shape index (κ3) is 3.48. The van der Waals surface area contributed by atoms with Gasteiger partial charge in [-0.3, -0.25) is 15.5 Å². The number of aromatic nitrogens is 1. The van der Waals surface area contributed by atoms with Gasteiger partial charge in [-0.15, -0.1) is 0 Å². The number of ether oxygens (including phenoxy) is 1. The van der Waals surface area contributed by atoms with Gasteiger partial charge in [-0.2, -0.15) is 5.10 Å². The van der Waals surface area contributed by atoms with Gasteiger partial charge >= 0.3 is 5.69 Å². The number of phenols is 1. The minimum Gasteiger partial charge on any atom is -0.504 e. The average Bonchev–Trinajstić information content (AvgIpc) is 2.48. The number of nitrogens with zero attached hydrogens (tertiary/aromatic N) is 3. The van der Waals surface area contributed by atoms with Gasteiger partial charge in [0, 0.05) is 11.8 Å². The Morgan fingerprint density at radius 3 is 2.86 bits per heavy atom. The summed E-state index contributed by atoms with van der Waals surface area (Å²) in [5, 5.41) is 24.3. The van der Waals surface area contributed by atoms with Crippen LogP contribution in [0.25, 0.3) is 0 Å². The van der Waals surface area contributed by atoms with E-state index in [9.17, 15) is 15.2 Å². The molecule has 0 aliphatic carbocycles. The van der Waals surface area contributed by atoms with Crippen LogP contribution in [-0.2, 0) is 0 Å². The Kier molecular flexibility index (Phi) is 4.52. The Bertz CT molecular complexity index is 731. The number of hydrogen-bond donors (Lipinski definition) is 2. The lowest BCUT2D eigenvalue weighted by Gasteiger charge is -2.04. The van der Waals surface area contributed by atoms with Crippen molar-refractivity contribution in [1.82, 2.24) is 4.98 Å². The molecule has 8 nitrogen and oxygen atoms in total. The first-order valence-corrected chi connectivity index (χ1v) is 6.29. The number of anilines is 1. The summed E-state index contributed by atoms with van der Waals surface area (Å²) in [5.41, 5.74) is 3.67. The molecule has 0 aliphatic rings. The average molecular weight is 302 g/mol. The van der Waals surface area contributed by atoms with E-state index in [-0.39, 0.29) is 17.3 Å². The number of nitro groups is 1. The van der Waals surface area contributed by atoms with Crippen LogP contribution in [0.3, 0.4) is 0 Å². The van der Waals surface area contributed by atoms with Gasteiger partial charge in [-0.25, -0.2) is 4.98 Å². The van der Waals surface area contributed by atoms with E-state index in [0.717, 1.165) is 0 Å². The van der Waals surface area contributed by atoms with Gasteiger partial charge in [-0.05, 0) is 36.8 Å². The molecule has 1 aromatic heterocycles. The van der Waals surface area contributed by atoms with Gasteiger partial charge in [0.1, 0.15) is 0 Å². The van der Waals surface area contributed by atoms with Gasteiger partial charge < -0.3 is 9.84 Å². The van der Waals surface area contributed by atoms with Crippen LogP contribution in [0.15, 0.2) is 35.4 Å². The van der Waals surface area contributed by atoms with Crippen molar-refractivity contribution in [1.29, 1.82) is 0 Å². The van der Waals surface area contributed by atoms with Crippen molar-refractivity contribution in [3.63, 3.8) is 0 Å². The van der Waals surface area contributed by atoms with E-state index in [1.165, 1.54) is 25.5 Å². The second-order valence-corrected chi connectivity index (χ2v) is 4.38. The second-order valence-electron chi connectivity index (χ2n) is 4.38. The number of hydrazone groups is 1. The fraction of sp³-hybridized carbons (Fsp3) is 0.143. The quantitative estimate of drug-likeness (QED) is 0.498. The molecule has 0 spiro atoms. The molecule has 1 aromatic carbocycles. The van der Waals surface area contributed by atoms with Gasteiger partial charge in [0.25, 0.3) is 0 Å². The smallest absolute Gasteiger partial charge is 0.313 e. The summed E-state index contributed by atoms with van der Waals surface area (Å²) < 4.78 is 4.98. The largest absolute Gasteiger partial charge is 0.504 e. The Morgan fingerprint density at radius 2 is 2.18 bits per heavy atom. The molecular formula is C14H14N4O4. The second kappa shape index (κ2) is 6.53. The van der Waals surface area contributed by atoms with Crippen molar-refractivity contribution in [2.24, 2.45) is 5.10 Å². The third-order valence-corrected chi connectivity index (χ3v) is 2.80. The number of pyridine rings is 1. The standard InChI is InChI=1S/C14H14N4O4/c1-9-3-5-11(18(20)21)14(16-9)17-15-8-10-4-6-12(19)13(7-10)22-2/h3-8,19H,1-2H3,(H,16,17)/b15-8-. The van der Waals surface area contributed by atoms with Gasteiger partial charge in [0.15, 0.2) is 11.5 Å². The molecule has 0 aliphatic heterocycles. The Morgan fingerprint density at radius 1 is 1.41 bits per heavy atom. The van der Waals surface area contributed by atoms with E-state index in [1.54, 1.807) is 25.1 Å². The lowest BCUT2D eigenvalue weighted by atomic mass is 10.2. The zero-order chi connectivity index (χ0) is 16.1. The lowest BCUT2D eigenvalue weighted by Crippen LogP contribution is -2.00. The maximum atomic E-state index is 10.9. The van der Waals surface area contributed by atoms with Crippen LogP contribution in [0.1, 0.15) is 11.3 Å².